The Kier molecular flexibility index (Phi) is 13.3. The van der Waals surface area contributed by atoms with Crippen molar-refractivity contribution in [3.8, 4) is 0 Å². The third-order valence-electron chi connectivity index (χ3n) is 5.72. The molecule has 1 rings (SSSR count). The second-order valence-corrected chi connectivity index (χ2v) is 9.08. The van der Waals surface area contributed by atoms with E-state index in [4.69, 9.17) is 9.47 Å². The maximum atomic E-state index is 9.94. The third-order valence-corrected chi connectivity index (χ3v) is 5.72. The lowest BCUT2D eigenvalue weighted by atomic mass is 9.94. The summed E-state index contributed by atoms with van der Waals surface area (Å²) in [5, 5.41) is 38.6. The predicted molar refractivity (Wildman–Crippen MR) is 114 cm³/mol. The first-order valence-corrected chi connectivity index (χ1v) is 11.3. The normalized spacial score (nSPS) is 29.4. The Morgan fingerprint density at radius 1 is 0.966 bits per heavy atom. The summed E-state index contributed by atoms with van der Waals surface area (Å²) in [6, 6.07) is 0. The van der Waals surface area contributed by atoms with Crippen molar-refractivity contribution in [1.82, 2.24) is 0 Å². The average molecular weight is 417 g/mol. The van der Waals surface area contributed by atoms with Gasteiger partial charge in [0.05, 0.1) is 13.2 Å². The SMILES string of the molecule is CC(=CCCCOC1O[C@H](CO)[C@H](O)[C@H](O)[C@H]1O)CCCC(C)CCCC(C)C. The number of rotatable bonds is 14. The van der Waals surface area contributed by atoms with E-state index < -0.39 is 37.3 Å². The standard InChI is InChI=1S/C23H44O6/c1-16(2)9-7-11-18(4)13-8-12-17(3)10-5-6-14-28-23-22(27)21(26)20(25)19(15-24)29-23/h10,16,18-27H,5-9,11-15H2,1-4H3/t18?,19-,20+,21+,22-,23?/m1/s1. The number of hydrogen-bond donors (Lipinski definition) is 4. The van der Waals surface area contributed by atoms with Crippen molar-refractivity contribution in [1.29, 1.82) is 0 Å². The summed E-state index contributed by atoms with van der Waals surface area (Å²) in [5.74, 6) is 1.60. The van der Waals surface area contributed by atoms with Crippen LogP contribution in [0, 0.1) is 11.8 Å². The molecule has 6 atom stereocenters. The molecule has 0 aromatic heterocycles. The van der Waals surface area contributed by atoms with Crippen LogP contribution in [0.25, 0.3) is 0 Å². The fraction of sp³-hybridized carbons (Fsp3) is 0.913. The Labute approximate surface area is 176 Å². The Morgan fingerprint density at radius 3 is 2.31 bits per heavy atom. The number of allylic oxidation sites excluding steroid dienone is 2. The Balaban J connectivity index is 2.15. The second-order valence-electron chi connectivity index (χ2n) is 9.08. The Hall–Kier alpha value is -0.500. The second kappa shape index (κ2) is 14.5. The fourth-order valence-corrected chi connectivity index (χ4v) is 3.69. The zero-order valence-electron chi connectivity index (χ0n) is 18.8. The van der Waals surface area contributed by atoms with E-state index in [-0.39, 0.29) is 0 Å². The number of unbranched alkanes of at least 4 members (excludes halogenated alkanes) is 1. The Morgan fingerprint density at radius 2 is 1.66 bits per heavy atom. The molecule has 2 unspecified atom stereocenters. The summed E-state index contributed by atoms with van der Waals surface area (Å²) in [5.41, 5.74) is 1.40. The molecule has 0 saturated carbocycles. The molecule has 0 radical (unpaired) electrons. The molecule has 0 aromatic rings. The summed E-state index contributed by atoms with van der Waals surface area (Å²) in [6.45, 7) is 9.03. The molecule has 0 bridgehead atoms. The van der Waals surface area contributed by atoms with E-state index in [1.165, 1.54) is 37.7 Å². The van der Waals surface area contributed by atoms with Gasteiger partial charge in [-0.15, -0.1) is 0 Å². The van der Waals surface area contributed by atoms with Crippen molar-refractivity contribution in [2.75, 3.05) is 13.2 Å². The van der Waals surface area contributed by atoms with Gasteiger partial charge in [-0.3, -0.25) is 0 Å². The molecule has 29 heavy (non-hydrogen) atoms. The van der Waals surface area contributed by atoms with Gasteiger partial charge in [0, 0.05) is 0 Å². The minimum atomic E-state index is -1.39. The van der Waals surface area contributed by atoms with Crippen LogP contribution in [0.5, 0.6) is 0 Å². The lowest BCUT2D eigenvalue weighted by molar-refractivity contribution is -0.301. The minimum Gasteiger partial charge on any atom is -0.394 e. The van der Waals surface area contributed by atoms with E-state index >= 15 is 0 Å². The lowest BCUT2D eigenvalue weighted by Gasteiger charge is -2.39. The summed E-state index contributed by atoms with van der Waals surface area (Å²) in [4.78, 5) is 0. The van der Waals surface area contributed by atoms with Crippen molar-refractivity contribution in [2.24, 2.45) is 11.8 Å². The van der Waals surface area contributed by atoms with Crippen molar-refractivity contribution in [2.45, 2.75) is 110 Å². The van der Waals surface area contributed by atoms with Crippen LogP contribution < -0.4 is 0 Å². The first kappa shape index (κ1) is 26.5. The highest BCUT2D eigenvalue weighted by Crippen LogP contribution is 2.22. The van der Waals surface area contributed by atoms with Gasteiger partial charge in [-0.25, -0.2) is 0 Å². The molecule has 6 heteroatoms. The van der Waals surface area contributed by atoms with E-state index in [0.29, 0.717) is 6.61 Å². The summed E-state index contributed by atoms with van der Waals surface area (Å²) in [6.07, 6.45) is 5.50. The predicted octanol–water partition coefficient (Wildman–Crippen LogP) is 3.16. The van der Waals surface area contributed by atoms with Crippen LogP contribution in [-0.2, 0) is 9.47 Å². The number of aliphatic hydroxyl groups is 4. The summed E-state index contributed by atoms with van der Waals surface area (Å²) < 4.78 is 10.8. The van der Waals surface area contributed by atoms with E-state index in [9.17, 15) is 20.4 Å². The molecule has 1 aliphatic heterocycles. The van der Waals surface area contributed by atoms with E-state index in [1.54, 1.807) is 0 Å². The molecular weight excluding hydrogens is 372 g/mol. The molecule has 172 valence electrons. The zero-order valence-corrected chi connectivity index (χ0v) is 18.8. The summed E-state index contributed by atoms with van der Waals surface area (Å²) >= 11 is 0. The number of aliphatic hydroxyl groups excluding tert-OH is 4. The molecule has 1 aliphatic rings. The topological polar surface area (TPSA) is 99.4 Å². The van der Waals surface area contributed by atoms with Gasteiger partial charge in [-0.2, -0.15) is 0 Å². The van der Waals surface area contributed by atoms with Crippen molar-refractivity contribution >= 4 is 0 Å². The van der Waals surface area contributed by atoms with Crippen molar-refractivity contribution in [3.05, 3.63) is 11.6 Å². The molecule has 6 nitrogen and oxygen atoms in total. The zero-order chi connectivity index (χ0) is 21.8. The minimum absolute atomic E-state index is 0.374. The first-order valence-electron chi connectivity index (χ1n) is 11.3. The maximum absolute atomic E-state index is 9.94. The Bertz CT molecular complexity index is 451. The van der Waals surface area contributed by atoms with Crippen LogP contribution in [0.4, 0.5) is 0 Å². The third kappa shape index (κ3) is 10.4. The maximum Gasteiger partial charge on any atom is 0.186 e. The van der Waals surface area contributed by atoms with Crippen LogP contribution in [0.3, 0.4) is 0 Å². The van der Waals surface area contributed by atoms with Gasteiger partial charge in [0.25, 0.3) is 0 Å². The molecule has 0 aliphatic carbocycles. The largest absolute Gasteiger partial charge is 0.394 e. The number of ether oxygens (including phenoxy) is 2. The van der Waals surface area contributed by atoms with Crippen molar-refractivity contribution in [3.63, 3.8) is 0 Å². The van der Waals surface area contributed by atoms with Crippen LogP contribution in [0.15, 0.2) is 11.6 Å². The van der Waals surface area contributed by atoms with Gasteiger partial charge in [-0.05, 0) is 44.4 Å². The molecule has 0 aromatic carbocycles. The highest BCUT2D eigenvalue weighted by atomic mass is 16.7. The molecular formula is C23H44O6. The van der Waals surface area contributed by atoms with E-state index in [1.807, 2.05) is 0 Å². The van der Waals surface area contributed by atoms with E-state index in [2.05, 4.69) is 33.8 Å². The summed E-state index contributed by atoms with van der Waals surface area (Å²) in [7, 11) is 0. The molecule has 0 amide bonds. The smallest absolute Gasteiger partial charge is 0.186 e. The monoisotopic (exact) mass is 416 g/mol. The van der Waals surface area contributed by atoms with E-state index in [0.717, 1.165) is 31.1 Å². The van der Waals surface area contributed by atoms with Crippen LogP contribution in [-0.4, -0.2) is 64.3 Å². The van der Waals surface area contributed by atoms with Gasteiger partial charge in [0.15, 0.2) is 6.29 Å². The molecule has 4 N–H and O–H groups in total. The fourth-order valence-electron chi connectivity index (χ4n) is 3.69. The number of hydrogen-bond acceptors (Lipinski definition) is 6. The van der Waals surface area contributed by atoms with Gasteiger partial charge >= 0.3 is 0 Å². The molecule has 1 fully saturated rings. The highest BCUT2D eigenvalue weighted by Gasteiger charge is 2.43. The van der Waals surface area contributed by atoms with Gasteiger partial charge in [-0.1, -0.05) is 58.1 Å². The highest BCUT2D eigenvalue weighted by molar-refractivity contribution is 4.97. The molecule has 0 spiro atoms. The van der Waals surface area contributed by atoms with Gasteiger partial charge in [0.2, 0.25) is 0 Å². The molecule has 1 heterocycles. The van der Waals surface area contributed by atoms with Crippen molar-refractivity contribution < 1.29 is 29.9 Å². The van der Waals surface area contributed by atoms with Crippen LogP contribution in [0.2, 0.25) is 0 Å². The van der Waals surface area contributed by atoms with Crippen LogP contribution in [0.1, 0.15) is 79.1 Å². The average Bonchev–Trinajstić information content (AvgIpc) is 2.67. The lowest BCUT2D eigenvalue weighted by Crippen LogP contribution is -2.59. The van der Waals surface area contributed by atoms with Gasteiger partial charge < -0.3 is 29.9 Å². The quantitative estimate of drug-likeness (QED) is 0.256. The first-order chi connectivity index (χ1) is 13.8. The van der Waals surface area contributed by atoms with Gasteiger partial charge in [0.1, 0.15) is 24.4 Å². The van der Waals surface area contributed by atoms with Crippen LogP contribution >= 0.6 is 0 Å². The molecule has 1 saturated heterocycles.